The first-order chi connectivity index (χ1) is 6.65. The number of nitrogens with two attached hydrogens (primary N) is 1. The van der Waals surface area contributed by atoms with E-state index in [0.717, 1.165) is 4.88 Å². The molecule has 0 atom stereocenters. The molecule has 0 bridgehead atoms. The number of nitrogens with zero attached hydrogens (tertiary/aromatic N) is 1. The van der Waals surface area contributed by atoms with E-state index in [2.05, 4.69) is 0 Å². The minimum Gasteiger partial charge on any atom is -0.383 e. The van der Waals surface area contributed by atoms with E-state index in [0.29, 0.717) is 5.57 Å². The van der Waals surface area contributed by atoms with E-state index in [9.17, 15) is 4.79 Å². The van der Waals surface area contributed by atoms with E-state index < -0.39 is 0 Å². The smallest absolute Gasteiger partial charge is 0.201 e. The second kappa shape index (κ2) is 4.93. The highest BCUT2D eigenvalue weighted by molar-refractivity contribution is 7.12. The predicted octanol–water partition coefficient (Wildman–Crippen LogP) is 1.33. The van der Waals surface area contributed by atoms with Crippen molar-refractivity contribution >= 4 is 17.1 Å². The number of hydrogen-bond acceptors (Lipinski definition) is 4. The number of Topliss-reactive ketones (excluding diaryl/α,β-unsaturated/α-hetero) is 1. The molecular weight excluding hydrogens is 196 g/mol. The molecule has 0 aliphatic rings. The van der Waals surface area contributed by atoms with Crippen LogP contribution in [0.25, 0.3) is 0 Å². The zero-order valence-corrected chi connectivity index (χ0v) is 9.17. The van der Waals surface area contributed by atoms with Gasteiger partial charge in [0, 0.05) is 32.4 Å². The maximum Gasteiger partial charge on any atom is 0.201 e. The van der Waals surface area contributed by atoms with Gasteiger partial charge in [-0.15, -0.1) is 11.3 Å². The SMILES string of the molecule is CN(C)/C=C(\CN)C(=O)c1cccs1. The summed E-state index contributed by atoms with van der Waals surface area (Å²) in [7, 11) is 3.74. The first-order valence-corrected chi connectivity index (χ1v) is 5.18. The van der Waals surface area contributed by atoms with Gasteiger partial charge in [-0.2, -0.15) is 0 Å². The van der Waals surface area contributed by atoms with E-state index in [1.807, 2.05) is 36.5 Å². The van der Waals surface area contributed by atoms with E-state index >= 15 is 0 Å². The molecule has 2 N–H and O–H groups in total. The van der Waals surface area contributed by atoms with Gasteiger partial charge in [0.1, 0.15) is 0 Å². The molecule has 14 heavy (non-hydrogen) atoms. The van der Waals surface area contributed by atoms with E-state index in [-0.39, 0.29) is 12.3 Å². The Hall–Kier alpha value is -1.13. The van der Waals surface area contributed by atoms with Crippen LogP contribution in [0.15, 0.2) is 29.3 Å². The third kappa shape index (κ3) is 2.68. The summed E-state index contributed by atoms with van der Waals surface area (Å²) >= 11 is 1.44. The van der Waals surface area contributed by atoms with Crippen molar-refractivity contribution < 1.29 is 4.79 Å². The lowest BCUT2D eigenvalue weighted by Gasteiger charge is -2.08. The molecule has 0 spiro atoms. The van der Waals surface area contributed by atoms with Gasteiger partial charge in [-0.25, -0.2) is 0 Å². The summed E-state index contributed by atoms with van der Waals surface area (Å²) in [5, 5.41) is 1.89. The molecule has 76 valence electrons. The lowest BCUT2D eigenvalue weighted by atomic mass is 10.1. The molecule has 1 aromatic rings. The Labute approximate surface area is 87.8 Å². The first kappa shape index (κ1) is 10.9. The van der Waals surface area contributed by atoms with Crippen LogP contribution in [-0.2, 0) is 0 Å². The third-order valence-electron chi connectivity index (χ3n) is 1.67. The maximum atomic E-state index is 11.8. The van der Waals surface area contributed by atoms with Crippen LogP contribution in [0.3, 0.4) is 0 Å². The number of carbonyl (C=O) groups excluding carboxylic acids is 1. The standard InChI is InChI=1S/C10H14N2OS/c1-12(2)7-8(6-11)10(13)9-4-3-5-14-9/h3-5,7H,6,11H2,1-2H3/b8-7+. The zero-order chi connectivity index (χ0) is 10.6. The highest BCUT2D eigenvalue weighted by atomic mass is 32.1. The van der Waals surface area contributed by atoms with Crippen molar-refractivity contribution in [1.29, 1.82) is 0 Å². The van der Waals surface area contributed by atoms with E-state index in [4.69, 9.17) is 5.73 Å². The summed E-state index contributed by atoms with van der Waals surface area (Å²) in [6, 6.07) is 3.67. The summed E-state index contributed by atoms with van der Waals surface area (Å²) < 4.78 is 0. The normalized spacial score (nSPS) is 11.5. The zero-order valence-electron chi connectivity index (χ0n) is 8.36. The lowest BCUT2D eigenvalue weighted by molar-refractivity contribution is 0.103. The molecule has 0 aromatic carbocycles. The molecule has 0 amide bonds. The van der Waals surface area contributed by atoms with Crippen LogP contribution < -0.4 is 5.73 Å². The summed E-state index contributed by atoms with van der Waals surface area (Å²) in [6.07, 6.45) is 1.77. The quantitative estimate of drug-likeness (QED) is 0.602. The second-order valence-electron chi connectivity index (χ2n) is 3.13. The topological polar surface area (TPSA) is 46.3 Å². The fourth-order valence-electron chi connectivity index (χ4n) is 1.08. The number of carbonyl (C=O) groups is 1. The van der Waals surface area contributed by atoms with Gasteiger partial charge in [0.25, 0.3) is 0 Å². The van der Waals surface area contributed by atoms with Crippen molar-refractivity contribution in [2.45, 2.75) is 0 Å². The number of rotatable bonds is 4. The van der Waals surface area contributed by atoms with Crippen LogP contribution in [-0.4, -0.2) is 31.3 Å². The maximum absolute atomic E-state index is 11.8. The molecule has 0 saturated carbocycles. The molecule has 0 saturated heterocycles. The largest absolute Gasteiger partial charge is 0.383 e. The average molecular weight is 210 g/mol. The minimum atomic E-state index is 0.0243. The number of ketones is 1. The first-order valence-electron chi connectivity index (χ1n) is 4.30. The Bertz CT molecular complexity index is 328. The van der Waals surface area contributed by atoms with Crippen LogP contribution in [0.2, 0.25) is 0 Å². The van der Waals surface area contributed by atoms with Crippen LogP contribution >= 0.6 is 11.3 Å². The van der Waals surface area contributed by atoms with Crippen LogP contribution in [0.5, 0.6) is 0 Å². The molecule has 0 aliphatic heterocycles. The van der Waals surface area contributed by atoms with Crippen molar-refractivity contribution in [2.24, 2.45) is 5.73 Å². The van der Waals surface area contributed by atoms with Crippen LogP contribution in [0, 0.1) is 0 Å². The minimum absolute atomic E-state index is 0.0243. The van der Waals surface area contributed by atoms with Gasteiger partial charge in [0.2, 0.25) is 5.78 Å². The summed E-state index contributed by atoms with van der Waals surface area (Å²) in [6.45, 7) is 0.273. The van der Waals surface area contributed by atoms with Crippen molar-refractivity contribution in [3.8, 4) is 0 Å². The molecule has 1 rings (SSSR count). The molecular formula is C10H14N2OS. The fraction of sp³-hybridized carbons (Fsp3) is 0.300. The average Bonchev–Trinajstić information content (AvgIpc) is 2.65. The molecule has 3 nitrogen and oxygen atoms in total. The summed E-state index contributed by atoms with van der Waals surface area (Å²) in [4.78, 5) is 14.4. The Kier molecular flexibility index (Phi) is 3.85. The van der Waals surface area contributed by atoms with Crippen molar-refractivity contribution in [2.75, 3.05) is 20.6 Å². The fourth-order valence-corrected chi connectivity index (χ4v) is 1.78. The third-order valence-corrected chi connectivity index (χ3v) is 2.54. The monoisotopic (exact) mass is 210 g/mol. The molecule has 0 radical (unpaired) electrons. The van der Waals surface area contributed by atoms with Crippen molar-refractivity contribution in [1.82, 2.24) is 4.90 Å². The van der Waals surface area contributed by atoms with Crippen LogP contribution in [0.1, 0.15) is 9.67 Å². The van der Waals surface area contributed by atoms with Crippen LogP contribution in [0.4, 0.5) is 0 Å². The van der Waals surface area contributed by atoms with Gasteiger partial charge in [-0.1, -0.05) is 6.07 Å². The van der Waals surface area contributed by atoms with Crippen molar-refractivity contribution in [3.63, 3.8) is 0 Å². The van der Waals surface area contributed by atoms with Crippen molar-refractivity contribution in [3.05, 3.63) is 34.2 Å². The number of hydrogen-bond donors (Lipinski definition) is 1. The summed E-state index contributed by atoms with van der Waals surface area (Å²) in [5.74, 6) is 0.0243. The van der Waals surface area contributed by atoms with Gasteiger partial charge < -0.3 is 10.6 Å². The summed E-state index contributed by atoms with van der Waals surface area (Å²) in [5.41, 5.74) is 6.15. The Morgan fingerprint density at radius 2 is 2.36 bits per heavy atom. The molecule has 1 aromatic heterocycles. The highest BCUT2D eigenvalue weighted by Gasteiger charge is 2.11. The molecule has 1 heterocycles. The van der Waals surface area contributed by atoms with Gasteiger partial charge in [0.15, 0.2) is 0 Å². The van der Waals surface area contributed by atoms with Gasteiger partial charge in [-0.05, 0) is 11.4 Å². The number of thiophene rings is 1. The Morgan fingerprint density at radius 1 is 1.64 bits per heavy atom. The van der Waals surface area contributed by atoms with E-state index in [1.54, 1.807) is 6.20 Å². The van der Waals surface area contributed by atoms with Gasteiger partial charge in [0.05, 0.1) is 4.88 Å². The van der Waals surface area contributed by atoms with Gasteiger partial charge in [-0.3, -0.25) is 4.79 Å². The Balaban J connectivity index is 2.87. The predicted molar refractivity (Wildman–Crippen MR) is 59.5 cm³/mol. The second-order valence-corrected chi connectivity index (χ2v) is 4.08. The highest BCUT2D eigenvalue weighted by Crippen LogP contribution is 2.13. The molecule has 4 heteroatoms. The molecule has 0 fully saturated rings. The molecule has 0 aliphatic carbocycles. The molecule has 0 unspecified atom stereocenters. The van der Waals surface area contributed by atoms with Gasteiger partial charge >= 0.3 is 0 Å². The lowest BCUT2D eigenvalue weighted by Crippen LogP contribution is -2.16. The Morgan fingerprint density at radius 3 is 2.79 bits per heavy atom. The van der Waals surface area contributed by atoms with E-state index in [1.165, 1.54) is 11.3 Å².